The Hall–Kier alpha value is 0.820. The maximum absolute atomic E-state index is 12.0. The molecule has 0 fully saturated rings. The van der Waals surface area contributed by atoms with Crippen molar-refractivity contribution in [2.24, 2.45) is 0 Å². The molecule has 16 heteroatoms. The Kier molecular flexibility index (Phi) is 13.9. The van der Waals surface area contributed by atoms with Gasteiger partial charge in [0.15, 0.2) is 0 Å². The van der Waals surface area contributed by atoms with Gasteiger partial charge >= 0.3 is 0 Å². The summed E-state index contributed by atoms with van der Waals surface area (Å²) in [5, 5.41) is -0.313. The largest absolute Gasteiger partial charge is 0.295 e. The first kappa shape index (κ1) is 34.8. The van der Waals surface area contributed by atoms with Crippen molar-refractivity contribution in [3.8, 4) is 0 Å². The van der Waals surface area contributed by atoms with E-state index in [1.807, 2.05) is 0 Å². The minimum atomic E-state index is -4.80. The molecule has 3 rings (SSSR count). The second kappa shape index (κ2) is 13.6. The third-order valence-electron chi connectivity index (χ3n) is 4.15. The van der Waals surface area contributed by atoms with Gasteiger partial charge in [0.1, 0.15) is 14.7 Å². The van der Waals surface area contributed by atoms with Crippen molar-refractivity contribution >= 4 is 143 Å². The van der Waals surface area contributed by atoms with Crippen molar-refractivity contribution in [2.45, 2.75) is 14.7 Å². The second-order valence-electron chi connectivity index (χ2n) is 6.16. The number of hydrogen-bond donors (Lipinski definition) is 3. The summed E-state index contributed by atoms with van der Waals surface area (Å²) in [4.78, 5) is -1.72. The van der Waals surface area contributed by atoms with Crippen LogP contribution in [0, 0.1) is 0 Å². The standard InChI is InChI=1S/C18H15O9PS3.3Na/c19-29(20,21)16-10-4-1-7-13(16)28(14-8-2-5-11-17(14)30(22,23)24)15-9-3-6-12-18(15)31(25,26)27;;;/h1-12H,(H,19,20,21)(H,22,23,24)(H,25,26,27);;;. The minimum absolute atomic E-state index is 0. The Balaban J connectivity index is 0.00000363. The van der Waals surface area contributed by atoms with E-state index >= 15 is 0 Å². The molecule has 0 spiro atoms. The molecular weight excluding hydrogens is 556 g/mol. The van der Waals surface area contributed by atoms with Crippen LogP contribution in [0.25, 0.3) is 0 Å². The molecule has 0 aromatic heterocycles. The molecule has 167 valence electrons. The number of benzene rings is 3. The molecule has 34 heavy (non-hydrogen) atoms. The van der Waals surface area contributed by atoms with Crippen LogP contribution in [0.4, 0.5) is 0 Å². The van der Waals surface area contributed by atoms with Gasteiger partial charge in [-0.05, 0) is 26.1 Å². The van der Waals surface area contributed by atoms with E-state index in [9.17, 15) is 38.9 Å². The summed E-state index contributed by atoms with van der Waals surface area (Å²) < 4.78 is 101. The van der Waals surface area contributed by atoms with Crippen LogP contribution in [-0.2, 0) is 30.4 Å². The van der Waals surface area contributed by atoms with Gasteiger partial charge in [0.2, 0.25) is 0 Å². The van der Waals surface area contributed by atoms with Gasteiger partial charge in [-0.15, -0.1) is 0 Å². The molecule has 0 bridgehead atoms. The SMILES string of the molecule is O=S(=O)(O)c1ccccc1P(c1ccccc1S(=O)(=O)O)c1ccccc1S(=O)(=O)O.[Na].[Na].[Na]. The topological polar surface area (TPSA) is 163 Å². The smallest absolute Gasteiger partial charge is 0.282 e. The molecule has 0 amide bonds. The zero-order chi connectivity index (χ0) is 23.0. The van der Waals surface area contributed by atoms with Crippen molar-refractivity contribution in [1.29, 1.82) is 0 Å². The Labute approximate surface area is 265 Å². The fourth-order valence-electron chi connectivity index (χ4n) is 2.97. The van der Waals surface area contributed by atoms with Gasteiger partial charge in [-0.2, -0.15) is 25.3 Å². The average molecular weight is 571 g/mol. The molecule has 3 radical (unpaired) electrons. The molecule has 3 aromatic carbocycles. The summed E-state index contributed by atoms with van der Waals surface area (Å²) in [6.07, 6.45) is 0. The van der Waals surface area contributed by atoms with E-state index in [-0.39, 0.29) is 105 Å². The molecule has 0 unspecified atom stereocenters. The van der Waals surface area contributed by atoms with E-state index in [0.717, 1.165) is 18.2 Å². The van der Waals surface area contributed by atoms with E-state index < -0.39 is 53.0 Å². The molecule has 0 aliphatic rings. The third kappa shape index (κ3) is 8.16. The molecular formula is C18H15Na3O9PS3. The summed E-state index contributed by atoms with van der Waals surface area (Å²) in [6, 6.07) is 15.3. The quantitative estimate of drug-likeness (QED) is 0.211. The maximum atomic E-state index is 12.0. The van der Waals surface area contributed by atoms with Crippen molar-refractivity contribution in [3.63, 3.8) is 0 Å². The molecule has 3 N–H and O–H groups in total. The van der Waals surface area contributed by atoms with Crippen LogP contribution in [0.1, 0.15) is 0 Å². The van der Waals surface area contributed by atoms with Crippen LogP contribution in [-0.4, -0.2) is 128 Å². The van der Waals surface area contributed by atoms with Crippen molar-refractivity contribution in [2.75, 3.05) is 0 Å². The van der Waals surface area contributed by atoms with Crippen LogP contribution in [0.5, 0.6) is 0 Å². The number of hydrogen-bond acceptors (Lipinski definition) is 6. The molecule has 0 aliphatic heterocycles. The molecule has 0 atom stereocenters. The molecule has 0 heterocycles. The Morgan fingerprint density at radius 2 is 0.647 bits per heavy atom. The van der Waals surface area contributed by atoms with Gasteiger partial charge in [-0.3, -0.25) is 13.7 Å². The molecule has 0 aliphatic carbocycles. The van der Waals surface area contributed by atoms with E-state index in [4.69, 9.17) is 0 Å². The molecule has 3 aromatic rings. The van der Waals surface area contributed by atoms with Crippen LogP contribution in [0.15, 0.2) is 87.5 Å². The first-order chi connectivity index (χ1) is 14.3. The van der Waals surface area contributed by atoms with Crippen LogP contribution in [0.2, 0.25) is 0 Å². The Bertz CT molecular complexity index is 1300. The predicted molar refractivity (Wildman–Crippen MR) is 132 cm³/mol. The normalized spacial score (nSPS) is 11.6. The van der Waals surface area contributed by atoms with Crippen molar-refractivity contribution in [3.05, 3.63) is 72.8 Å². The van der Waals surface area contributed by atoms with Crippen molar-refractivity contribution in [1.82, 2.24) is 0 Å². The Morgan fingerprint density at radius 3 is 0.853 bits per heavy atom. The summed E-state index contributed by atoms with van der Waals surface area (Å²) in [6.45, 7) is 0. The van der Waals surface area contributed by atoms with Crippen LogP contribution < -0.4 is 15.9 Å². The van der Waals surface area contributed by atoms with Crippen molar-refractivity contribution < 1.29 is 38.9 Å². The fourth-order valence-corrected chi connectivity index (χ4v) is 8.95. The van der Waals surface area contributed by atoms with E-state index in [0.29, 0.717) is 0 Å². The Morgan fingerprint density at radius 1 is 0.441 bits per heavy atom. The first-order valence-corrected chi connectivity index (χ1v) is 14.0. The summed E-state index contributed by atoms with van der Waals surface area (Å²) in [5.41, 5.74) is 0. The fraction of sp³-hybridized carbons (Fsp3) is 0. The van der Waals surface area contributed by atoms with Gasteiger partial charge in [0.25, 0.3) is 30.4 Å². The predicted octanol–water partition coefficient (Wildman–Crippen LogP) is 0.0425. The van der Waals surface area contributed by atoms with Gasteiger partial charge < -0.3 is 0 Å². The zero-order valence-electron chi connectivity index (χ0n) is 18.4. The summed E-state index contributed by atoms with van der Waals surface area (Å²) >= 11 is 0. The molecule has 9 nitrogen and oxygen atoms in total. The average Bonchev–Trinajstić information content (AvgIpc) is 2.67. The minimum Gasteiger partial charge on any atom is -0.282 e. The maximum Gasteiger partial charge on any atom is 0.295 e. The van der Waals surface area contributed by atoms with E-state index in [2.05, 4.69) is 0 Å². The second-order valence-corrected chi connectivity index (χ2v) is 12.4. The van der Waals surface area contributed by atoms with E-state index in [1.54, 1.807) is 0 Å². The summed E-state index contributed by atoms with van der Waals surface area (Å²) in [5.74, 6) is 0. The van der Waals surface area contributed by atoms with Gasteiger partial charge in [-0.25, -0.2) is 0 Å². The van der Waals surface area contributed by atoms with Gasteiger partial charge in [-0.1, -0.05) is 54.6 Å². The van der Waals surface area contributed by atoms with Gasteiger partial charge in [0.05, 0.1) is 0 Å². The van der Waals surface area contributed by atoms with Crippen LogP contribution >= 0.6 is 7.92 Å². The van der Waals surface area contributed by atoms with E-state index in [1.165, 1.54) is 54.6 Å². The zero-order valence-corrected chi connectivity index (χ0v) is 27.7. The van der Waals surface area contributed by atoms with Crippen LogP contribution in [0.3, 0.4) is 0 Å². The molecule has 0 saturated heterocycles. The number of rotatable bonds is 6. The van der Waals surface area contributed by atoms with Gasteiger partial charge in [0, 0.05) is 105 Å². The third-order valence-corrected chi connectivity index (χ3v) is 9.96. The monoisotopic (exact) mass is 571 g/mol. The first-order valence-electron chi connectivity index (χ1n) is 8.31. The molecule has 0 saturated carbocycles. The summed E-state index contributed by atoms with van der Waals surface area (Å²) in [7, 11) is -16.7.